The van der Waals surface area contributed by atoms with E-state index in [1.807, 2.05) is 6.92 Å². The van der Waals surface area contributed by atoms with Crippen molar-refractivity contribution < 1.29 is 38.3 Å². The number of likely N-dealkylation sites (N-methyl/N-ethyl adjacent to an activating group) is 1. The van der Waals surface area contributed by atoms with Crippen molar-refractivity contribution in [3.05, 3.63) is 22.4 Å². The normalized spacial score (nSPS) is 16.0. The summed E-state index contributed by atoms with van der Waals surface area (Å²) in [6, 6.07) is -2.36. The zero-order valence-corrected chi connectivity index (χ0v) is 33.1. The van der Waals surface area contributed by atoms with Crippen LogP contribution in [0, 0.1) is 5.41 Å². The molecule has 1 aromatic heterocycles. The molecule has 1 fully saturated rings. The number of carbonyl (C=O) groups excluding carboxylic acids is 7. The summed E-state index contributed by atoms with van der Waals surface area (Å²) < 4.78 is 5.36. The summed E-state index contributed by atoms with van der Waals surface area (Å²) in [5, 5.41) is 13.7. The van der Waals surface area contributed by atoms with E-state index >= 15 is 0 Å². The van der Waals surface area contributed by atoms with Crippen molar-refractivity contribution in [2.24, 2.45) is 5.41 Å². The first-order valence-corrected chi connectivity index (χ1v) is 18.6. The smallest absolute Gasteiger partial charge is 0.408 e. The van der Waals surface area contributed by atoms with Gasteiger partial charge in [-0.15, -0.1) is 0 Å². The zero-order chi connectivity index (χ0) is 39.1. The monoisotopic (exact) mass is 736 g/mol. The molecule has 288 valence electrons. The molecule has 4 N–H and O–H groups in total. The number of thiophene rings is 1. The van der Waals surface area contributed by atoms with Gasteiger partial charge in [-0.3, -0.25) is 28.8 Å². The number of ether oxygens (including phenoxy) is 1. The number of hydrogen-bond acceptors (Lipinski definition) is 9. The van der Waals surface area contributed by atoms with Gasteiger partial charge in [-0.1, -0.05) is 60.8 Å². The second kappa shape index (κ2) is 20.7. The largest absolute Gasteiger partial charge is 0.444 e. The molecule has 4 atom stereocenters. The number of alkyl carbamates (subject to hydrolysis) is 1. The van der Waals surface area contributed by atoms with Crippen LogP contribution < -0.4 is 21.3 Å². The summed E-state index contributed by atoms with van der Waals surface area (Å²) >= 11 is 1.36. The van der Waals surface area contributed by atoms with Gasteiger partial charge in [0.25, 0.3) is 5.91 Å². The summed E-state index contributed by atoms with van der Waals surface area (Å²) in [4.78, 5) is 94.2. The quantitative estimate of drug-likeness (QED) is 0.209. The second-order valence-electron chi connectivity index (χ2n) is 14.9. The Balaban J connectivity index is 0.00000418. The second-order valence-corrected chi connectivity index (χ2v) is 15.7. The highest BCUT2D eigenvalue weighted by atomic mass is 32.1. The van der Waals surface area contributed by atoms with Crippen LogP contribution in [0.15, 0.2) is 16.8 Å². The maximum atomic E-state index is 13.8. The van der Waals surface area contributed by atoms with Crippen LogP contribution >= 0.6 is 11.3 Å². The van der Waals surface area contributed by atoms with Gasteiger partial charge in [0.15, 0.2) is 0 Å². The van der Waals surface area contributed by atoms with Gasteiger partial charge in [0.1, 0.15) is 23.7 Å². The molecular formula is C36H60N6O8S. The average molecular weight is 737 g/mol. The van der Waals surface area contributed by atoms with Crippen molar-refractivity contribution in [2.45, 2.75) is 131 Å². The molecule has 0 spiro atoms. The van der Waals surface area contributed by atoms with Gasteiger partial charge in [-0.25, -0.2) is 4.79 Å². The van der Waals surface area contributed by atoms with Crippen molar-refractivity contribution in [3.8, 4) is 0 Å². The number of ketones is 1. The molecule has 2 rings (SSSR count). The molecule has 0 radical (unpaired) electrons. The molecule has 1 unspecified atom stereocenters. The van der Waals surface area contributed by atoms with Crippen LogP contribution in [-0.2, 0) is 33.5 Å². The summed E-state index contributed by atoms with van der Waals surface area (Å²) in [5.41, 5.74) is -0.907. The number of nitrogens with zero attached hydrogens (tertiary/aromatic N) is 2. The molecule has 0 bridgehead atoms. The highest BCUT2D eigenvalue weighted by Gasteiger charge is 2.43. The highest BCUT2D eigenvalue weighted by Crippen LogP contribution is 2.26. The van der Waals surface area contributed by atoms with E-state index in [0.717, 1.165) is 0 Å². The molecule has 1 aliphatic rings. The average Bonchev–Trinajstić information content (AvgIpc) is 3.74. The number of hydrogen-bond donors (Lipinski definition) is 4. The Morgan fingerprint density at radius 3 is 2.12 bits per heavy atom. The maximum Gasteiger partial charge on any atom is 0.408 e. The third kappa shape index (κ3) is 15.0. The van der Waals surface area contributed by atoms with Gasteiger partial charge >= 0.3 is 6.09 Å². The van der Waals surface area contributed by atoms with E-state index in [1.165, 1.54) is 27.6 Å². The molecule has 0 aromatic carbocycles. The topological polar surface area (TPSA) is 183 Å². The van der Waals surface area contributed by atoms with Crippen LogP contribution in [0.4, 0.5) is 4.79 Å². The van der Waals surface area contributed by atoms with Gasteiger partial charge in [-0.2, -0.15) is 11.3 Å². The van der Waals surface area contributed by atoms with E-state index in [4.69, 9.17) is 4.74 Å². The molecule has 1 aromatic rings. The van der Waals surface area contributed by atoms with Crippen LogP contribution in [0.2, 0.25) is 0 Å². The van der Waals surface area contributed by atoms with Crippen molar-refractivity contribution in [3.63, 3.8) is 0 Å². The van der Waals surface area contributed by atoms with Crippen molar-refractivity contribution in [1.82, 2.24) is 31.1 Å². The Morgan fingerprint density at radius 2 is 1.61 bits per heavy atom. The minimum atomic E-state index is -1.19. The highest BCUT2D eigenvalue weighted by molar-refractivity contribution is 7.08. The lowest BCUT2D eigenvalue weighted by Gasteiger charge is -2.36. The van der Waals surface area contributed by atoms with E-state index < -0.39 is 77.2 Å². The number of amides is 6. The fourth-order valence-corrected chi connectivity index (χ4v) is 5.78. The molecule has 51 heavy (non-hydrogen) atoms. The summed E-state index contributed by atoms with van der Waals surface area (Å²) in [7, 11) is 3.12. The predicted octanol–water partition coefficient (Wildman–Crippen LogP) is 3.70. The van der Waals surface area contributed by atoms with Crippen LogP contribution in [0.25, 0.3) is 0 Å². The minimum absolute atomic E-state index is 0.170. The predicted molar refractivity (Wildman–Crippen MR) is 197 cm³/mol. The standard InChI is InChI=1S/C33H52N6O8S.C3H8/c1-10-11-13-21(25(41)28(43)34-18-23(40)36-24(29(44)38(8)9)20-15-17-48-19-20)35-27(42)22-14-12-16-39(22)30(45)26(32(2,3)4)37-31(46)47-33(5,6)7;1-3-2/h15,17,19,21-22,24,26H,10-14,16,18H2,1-9H3,(H,34,43)(H,35,42)(H,36,40)(H,37,46);3H2,1-2H3/t21?,22-,24-,26+;/m0./s1. The number of carbonyl (C=O) groups is 7. The molecule has 2 heterocycles. The van der Waals surface area contributed by atoms with Crippen LogP contribution in [-0.4, -0.2) is 102 Å². The summed E-state index contributed by atoms with van der Waals surface area (Å²) in [6.45, 7) is 16.4. The maximum absolute atomic E-state index is 13.8. The van der Waals surface area contributed by atoms with E-state index in [2.05, 4.69) is 35.1 Å². The van der Waals surface area contributed by atoms with E-state index in [1.54, 1.807) is 72.5 Å². The number of rotatable bonds is 14. The van der Waals surface area contributed by atoms with E-state index in [0.29, 0.717) is 31.2 Å². The molecular weight excluding hydrogens is 676 g/mol. The Kier molecular flexibility index (Phi) is 18.3. The number of likely N-dealkylation sites (tertiary alicyclic amines) is 1. The Morgan fingerprint density at radius 1 is 0.980 bits per heavy atom. The lowest BCUT2D eigenvalue weighted by atomic mass is 9.85. The molecule has 0 aliphatic carbocycles. The van der Waals surface area contributed by atoms with Gasteiger partial charge < -0.3 is 35.8 Å². The molecule has 6 amide bonds. The van der Waals surface area contributed by atoms with E-state index in [-0.39, 0.29) is 18.9 Å². The number of Topliss-reactive ketones (excluding diaryl/α,β-unsaturated/α-hetero) is 1. The lowest BCUT2D eigenvalue weighted by Crippen LogP contribution is -2.59. The third-order valence-electron chi connectivity index (χ3n) is 7.59. The SMILES string of the molecule is CCC.CCCCC(NC(=O)[C@@H]1CCCN1C(=O)[C@@H](NC(=O)OC(C)(C)C)C(C)(C)C)C(=O)C(=O)NCC(=O)N[C@H](C(=O)N(C)C)c1ccsc1. The van der Waals surface area contributed by atoms with Crippen LogP contribution in [0.1, 0.15) is 112 Å². The van der Waals surface area contributed by atoms with Crippen molar-refractivity contribution >= 4 is 52.7 Å². The summed E-state index contributed by atoms with van der Waals surface area (Å²) in [5.74, 6) is -4.08. The first kappa shape index (κ1) is 45.0. The Bertz CT molecular complexity index is 1340. The number of nitrogens with one attached hydrogen (secondary N) is 4. The van der Waals surface area contributed by atoms with Gasteiger partial charge in [0.2, 0.25) is 29.4 Å². The first-order chi connectivity index (χ1) is 23.7. The lowest BCUT2D eigenvalue weighted by molar-refractivity contribution is -0.144. The van der Waals surface area contributed by atoms with Crippen molar-refractivity contribution in [2.75, 3.05) is 27.2 Å². The van der Waals surface area contributed by atoms with Gasteiger partial charge in [-0.05, 0) is 67.8 Å². The zero-order valence-electron chi connectivity index (χ0n) is 32.3. The fourth-order valence-electron chi connectivity index (χ4n) is 5.09. The van der Waals surface area contributed by atoms with Crippen LogP contribution in [0.5, 0.6) is 0 Å². The Labute approximate surface area is 307 Å². The summed E-state index contributed by atoms with van der Waals surface area (Å²) in [6.07, 6.45) is 2.73. The molecule has 14 nitrogen and oxygen atoms in total. The van der Waals surface area contributed by atoms with Gasteiger partial charge in [0.05, 0.1) is 12.6 Å². The fraction of sp³-hybridized carbons (Fsp3) is 0.694. The third-order valence-corrected chi connectivity index (χ3v) is 8.30. The molecule has 0 saturated carbocycles. The van der Waals surface area contributed by atoms with E-state index in [9.17, 15) is 33.6 Å². The first-order valence-electron chi connectivity index (χ1n) is 17.6. The number of unbranched alkanes of at least 4 members (excludes halogenated alkanes) is 1. The molecule has 1 aliphatic heterocycles. The molecule has 15 heteroatoms. The van der Waals surface area contributed by atoms with Crippen molar-refractivity contribution in [1.29, 1.82) is 0 Å². The van der Waals surface area contributed by atoms with Crippen LogP contribution in [0.3, 0.4) is 0 Å². The molecule has 1 saturated heterocycles. The van der Waals surface area contributed by atoms with Gasteiger partial charge in [0, 0.05) is 20.6 Å². The Hall–Kier alpha value is -4.01. The minimum Gasteiger partial charge on any atom is -0.444 e.